The molecule has 0 aliphatic carbocycles. The first-order chi connectivity index (χ1) is 9.29. The normalized spacial score (nSPS) is 18.4. The number of halogens is 1. The summed E-state index contributed by atoms with van der Waals surface area (Å²) >= 11 is 3.51. The summed E-state index contributed by atoms with van der Waals surface area (Å²) in [7, 11) is 0. The van der Waals surface area contributed by atoms with E-state index < -0.39 is 0 Å². The molecule has 0 spiro atoms. The Hall–Kier alpha value is -0.380. The van der Waals surface area contributed by atoms with Crippen LogP contribution in [0, 0.1) is 5.92 Å². The Morgan fingerprint density at radius 2 is 1.95 bits per heavy atom. The Morgan fingerprint density at radius 3 is 2.58 bits per heavy atom. The van der Waals surface area contributed by atoms with Gasteiger partial charge < -0.3 is 10.1 Å². The fourth-order valence-corrected chi connectivity index (χ4v) is 3.04. The van der Waals surface area contributed by atoms with Crippen LogP contribution in [0.3, 0.4) is 0 Å². The second kappa shape index (κ2) is 8.03. The van der Waals surface area contributed by atoms with Crippen molar-refractivity contribution in [3.05, 3.63) is 34.3 Å². The van der Waals surface area contributed by atoms with E-state index in [1.807, 2.05) is 0 Å². The zero-order valence-electron chi connectivity index (χ0n) is 11.7. The molecule has 1 aromatic carbocycles. The fraction of sp³-hybridized carbons (Fsp3) is 0.625. The van der Waals surface area contributed by atoms with Gasteiger partial charge >= 0.3 is 0 Å². The Balaban J connectivity index is 1.99. The molecule has 3 heteroatoms. The molecule has 2 nitrogen and oxygen atoms in total. The lowest BCUT2D eigenvalue weighted by molar-refractivity contribution is 0.0616. The van der Waals surface area contributed by atoms with Crippen molar-refractivity contribution in [3.63, 3.8) is 0 Å². The van der Waals surface area contributed by atoms with Crippen LogP contribution in [-0.2, 0) is 4.74 Å². The third-order valence-corrected chi connectivity index (χ3v) is 4.47. The molecular weight excluding hydrogens is 302 g/mol. The first kappa shape index (κ1) is 15.0. The molecule has 1 saturated heterocycles. The number of hydrogen-bond donors (Lipinski definition) is 1. The number of benzene rings is 1. The van der Waals surface area contributed by atoms with E-state index in [1.165, 1.54) is 24.8 Å². The summed E-state index contributed by atoms with van der Waals surface area (Å²) in [6, 6.07) is 8.81. The van der Waals surface area contributed by atoms with Crippen LogP contribution in [-0.4, -0.2) is 26.3 Å². The minimum atomic E-state index is 0.621. The van der Waals surface area contributed by atoms with Gasteiger partial charge in [-0.15, -0.1) is 0 Å². The first-order valence-corrected chi connectivity index (χ1v) is 8.12. The fourth-order valence-electron chi connectivity index (χ4n) is 2.78. The molecule has 106 valence electrons. The van der Waals surface area contributed by atoms with E-state index in [1.54, 1.807) is 0 Å². The maximum atomic E-state index is 5.46. The van der Waals surface area contributed by atoms with E-state index in [0.717, 1.165) is 36.7 Å². The molecule has 1 aliphatic rings. The summed E-state index contributed by atoms with van der Waals surface area (Å²) in [5.74, 6) is 1.44. The Morgan fingerprint density at radius 1 is 1.26 bits per heavy atom. The van der Waals surface area contributed by atoms with Crippen LogP contribution in [0.4, 0.5) is 0 Å². The van der Waals surface area contributed by atoms with Crippen molar-refractivity contribution in [2.24, 2.45) is 5.92 Å². The topological polar surface area (TPSA) is 21.3 Å². The predicted octanol–water partition coefficient (Wildman–Crippen LogP) is 3.96. The van der Waals surface area contributed by atoms with Crippen molar-refractivity contribution in [2.45, 2.75) is 32.1 Å². The quantitative estimate of drug-likeness (QED) is 0.854. The lowest BCUT2D eigenvalue weighted by Gasteiger charge is -2.27. The Bertz CT molecular complexity index is 360. The number of likely N-dealkylation sites (N-methyl/N-ethyl adjacent to an activating group) is 1. The molecule has 19 heavy (non-hydrogen) atoms. The SMILES string of the molecule is CCNCC(CC1CCOCC1)c1ccc(Br)cc1. The zero-order chi connectivity index (χ0) is 13.5. The third-order valence-electron chi connectivity index (χ3n) is 3.94. The van der Waals surface area contributed by atoms with E-state index in [9.17, 15) is 0 Å². The molecule has 1 unspecified atom stereocenters. The number of ether oxygens (including phenoxy) is 1. The van der Waals surface area contributed by atoms with E-state index in [0.29, 0.717) is 5.92 Å². The van der Waals surface area contributed by atoms with Crippen LogP contribution >= 0.6 is 15.9 Å². The molecule has 0 saturated carbocycles. The molecule has 0 bridgehead atoms. The van der Waals surface area contributed by atoms with E-state index in [2.05, 4.69) is 52.4 Å². The van der Waals surface area contributed by atoms with Gasteiger partial charge in [0.25, 0.3) is 0 Å². The van der Waals surface area contributed by atoms with Crippen molar-refractivity contribution in [2.75, 3.05) is 26.3 Å². The summed E-state index contributed by atoms with van der Waals surface area (Å²) in [4.78, 5) is 0. The van der Waals surface area contributed by atoms with Gasteiger partial charge in [-0.25, -0.2) is 0 Å². The molecule has 2 rings (SSSR count). The lowest BCUT2D eigenvalue weighted by atomic mass is 9.85. The number of nitrogens with one attached hydrogen (secondary N) is 1. The molecule has 0 amide bonds. The molecule has 1 fully saturated rings. The number of hydrogen-bond acceptors (Lipinski definition) is 2. The number of rotatable bonds is 6. The van der Waals surface area contributed by atoms with Gasteiger partial charge in [0.15, 0.2) is 0 Å². The van der Waals surface area contributed by atoms with Crippen LogP contribution in [0.5, 0.6) is 0 Å². The van der Waals surface area contributed by atoms with E-state index in [-0.39, 0.29) is 0 Å². The molecule has 1 aromatic rings. The third kappa shape index (κ3) is 4.90. The Kier molecular flexibility index (Phi) is 6.35. The van der Waals surface area contributed by atoms with Gasteiger partial charge in [0.1, 0.15) is 0 Å². The van der Waals surface area contributed by atoms with Crippen molar-refractivity contribution in [1.82, 2.24) is 5.32 Å². The summed E-state index contributed by atoms with van der Waals surface area (Å²) < 4.78 is 6.62. The maximum absolute atomic E-state index is 5.46. The minimum Gasteiger partial charge on any atom is -0.381 e. The van der Waals surface area contributed by atoms with Gasteiger partial charge in [-0.05, 0) is 55.3 Å². The van der Waals surface area contributed by atoms with Crippen molar-refractivity contribution in [3.8, 4) is 0 Å². The summed E-state index contributed by atoms with van der Waals surface area (Å²) in [6.45, 7) is 6.18. The monoisotopic (exact) mass is 325 g/mol. The van der Waals surface area contributed by atoms with Crippen LogP contribution in [0.25, 0.3) is 0 Å². The smallest absolute Gasteiger partial charge is 0.0468 e. The maximum Gasteiger partial charge on any atom is 0.0468 e. The van der Waals surface area contributed by atoms with Gasteiger partial charge in [-0.1, -0.05) is 35.0 Å². The molecule has 0 aromatic heterocycles. The molecule has 0 radical (unpaired) electrons. The van der Waals surface area contributed by atoms with Gasteiger partial charge in [-0.3, -0.25) is 0 Å². The molecular formula is C16H24BrNO. The van der Waals surface area contributed by atoms with Crippen LogP contribution in [0.2, 0.25) is 0 Å². The molecule has 1 N–H and O–H groups in total. The highest BCUT2D eigenvalue weighted by Gasteiger charge is 2.20. The second-order valence-electron chi connectivity index (χ2n) is 5.35. The summed E-state index contributed by atoms with van der Waals surface area (Å²) in [5.41, 5.74) is 1.45. The van der Waals surface area contributed by atoms with Crippen LogP contribution < -0.4 is 5.32 Å². The predicted molar refractivity (Wildman–Crippen MR) is 83.6 cm³/mol. The van der Waals surface area contributed by atoms with Crippen LogP contribution in [0.1, 0.15) is 37.7 Å². The largest absolute Gasteiger partial charge is 0.381 e. The van der Waals surface area contributed by atoms with Gasteiger partial charge in [0.05, 0.1) is 0 Å². The molecule has 1 aliphatic heterocycles. The minimum absolute atomic E-state index is 0.621. The van der Waals surface area contributed by atoms with E-state index in [4.69, 9.17) is 4.74 Å². The first-order valence-electron chi connectivity index (χ1n) is 7.33. The second-order valence-corrected chi connectivity index (χ2v) is 6.26. The average Bonchev–Trinajstić information content (AvgIpc) is 2.45. The van der Waals surface area contributed by atoms with Gasteiger partial charge in [0.2, 0.25) is 0 Å². The van der Waals surface area contributed by atoms with Crippen molar-refractivity contribution >= 4 is 15.9 Å². The molecule has 1 heterocycles. The van der Waals surface area contributed by atoms with Crippen LogP contribution in [0.15, 0.2) is 28.7 Å². The molecule has 1 atom stereocenters. The lowest BCUT2D eigenvalue weighted by Crippen LogP contribution is -2.25. The highest BCUT2D eigenvalue weighted by atomic mass is 79.9. The van der Waals surface area contributed by atoms with Gasteiger partial charge in [0, 0.05) is 24.2 Å². The highest BCUT2D eigenvalue weighted by molar-refractivity contribution is 9.10. The van der Waals surface area contributed by atoms with E-state index >= 15 is 0 Å². The summed E-state index contributed by atoms with van der Waals surface area (Å²) in [6.07, 6.45) is 3.72. The summed E-state index contributed by atoms with van der Waals surface area (Å²) in [5, 5.41) is 3.51. The standard InChI is InChI=1S/C16H24BrNO/c1-2-18-12-15(11-13-7-9-19-10-8-13)14-3-5-16(17)6-4-14/h3-6,13,15,18H,2,7-12H2,1H3. The highest BCUT2D eigenvalue weighted by Crippen LogP contribution is 2.29. The average molecular weight is 326 g/mol. The zero-order valence-corrected chi connectivity index (χ0v) is 13.3. The Labute approximate surface area is 125 Å². The van der Waals surface area contributed by atoms with Gasteiger partial charge in [-0.2, -0.15) is 0 Å². The van der Waals surface area contributed by atoms with Crippen molar-refractivity contribution in [1.29, 1.82) is 0 Å². The van der Waals surface area contributed by atoms with Crippen molar-refractivity contribution < 1.29 is 4.74 Å².